The summed E-state index contributed by atoms with van der Waals surface area (Å²) < 4.78 is 12.8. The molecule has 1 unspecified atom stereocenters. The Bertz CT molecular complexity index is 1700. The van der Waals surface area contributed by atoms with Crippen LogP contribution in [-0.4, -0.2) is 21.1 Å². The highest BCUT2D eigenvalue weighted by molar-refractivity contribution is 7.98. The lowest BCUT2D eigenvalue weighted by Gasteiger charge is -2.30. The van der Waals surface area contributed by atoms with Crippen LogP contribution in [0.4, 0.5) is 5.69 Å². The summed E-state index contributed by atoms with van der Waals surface area (Å²) in [5.74, 6) is 1.24. The van der Waals surface area contributed by atoms with Gasteiger partial charge in [-0.3, -0.25) is 9.69 Å². The van der Waals surface area contributed by atoms with Crippen LogP contribution in [0.15, 0.2) is 108 Å². The first-order chi connectivity index (χ1) is 20.1. The van der Waals surface area contributed by atoms with Crippen molar-refractivity contribution in [2.24, 2.45) is 0 Å². The largest absolute Gasteiger partial charge is 0.488 e. The first kappa shape index (κ1) is 26.8. The molecule has 1 aliphatic rings. The second-order valence-corrected chi connectivity index (χ2v) is 10.7. The fourth-order valence-electron chi connectivity index (χ4n) is 4.63. The second kappa shape index (κ2) is 12.0. The maximum Gasteiger partial charge on any atom is 0.247 e. The third-order valence-electron chi connectivity index (χ3n) is 6.59. The molecular formula is C32H25ClN4O3S. The smallest absolute Gasteiger partial charge is 0.247 e. The van der Waals surface area contributed by atoms with E-state index in [1.54, 1.807) is 4.90 Å². The summed E-state index contributed by atoms with van der Waals surface area (Å²) >= 11 is 7.76. The van der Waals surface area contributed by atoms with Crippen LogP contribution in [0, 0.1) is 0 Å². The average Bonchev–Trinajstić information content (AvgIpc) is 3.15. The Morgan fingerprint density at radius 3 is 2.49 bits per heavy atom. The molecule has 204 valence electrons. The molecule has 0 saturated heterocycles. The van der Waals surface area contributed by atoms with Crippen LogP contribution < -0.4 is 14.4 Å². The zero-order valence-electron chi connectivity index (χ0n) is 22.1. The number of thioether (sulfide) groups is 1. The van der Waals surface area contributed by atoms with Gasteiger partial charge in [0, 0.05) is 23.3 Å². The molecule has 1 amide bonds. The van der Waals surface area contributed by atoms with Crippen LogP contribution in [0.1, 0.15) is 29.8 Å². The van der Waals surface area contributed by atoms with Crippen LogP contribution in [0.25, 0.3) is 11.3 Å². The normalized spacial score (nSPS) is 13.9. The molecule has 5 aromatic rings. The number of benzene rings is 4. The SMILES string of the molecule is CC(=O)N1c2ccccc2-c2nnc(SCc3ccccc3Cl)nc2OC1c1ccccc1OCc1ccccc1. The summed E-state index contributed by atoms with van der Waals surface area (Å²) in [7, 11) is 0. The van der Waals surface area contributed by atoms with E-state index in [1.165, 1.54) is 18.7 Å². The van der Waals surface area contributed by atoms with Crippen molar-refractivity contribution in [2.45, 2.75) is 30.7 Å². The summed E-state index contributed by atoms with van der Waals surface area (Å²) in [4.78, 5) is 19.6. The summed E-state index contributed by atoms with van der Waals surface area (Å²) in [5.41, 5.74) is 4.48. The molecule has 7 nitrogen and oxygen atoms in total. The van der Waals surface area contributed by atoms with Gasteiger partial charge in [-0.1, -0.05) is 102 Å². The van der Waals surface area contributed by atoms with Crippen molar-refractivity contribution in [3.8, 4) is 22.9 Å². The Morgan fingerprint density at radius 1 is 0.927 bits per heavy atom. The van der Waals surface area contributed by atoms with Crippen LogP contribution in [0.3, 0.4) is 0 Å². The molecule has 2 heterocycles. The van der Waals surface area contributed by atoms with Crippen LogP contribution in [0.5, 0.6) is 11.6 Å². The van der Waals surface area contributed by atoms with Crippen LogP contribution in [-0.2, 0) is 17.2 Å². The molecule has 1 aliphatic heterocycles. The van der Waals surface area contributed by atoms with Crippen molar-refractivity contribution in [1.29, 1.82) is 0 Å². The minimum atomic E-state index is -0.861. The van der Waals surface area contributed by atoms with Crippen LogP contribution >= 0.6 is 23.4 Å². The predicted molar refractivity (Wildman–Crippen MR) is 160 cm³/mol. The van der Waals surface area contributed by atoms with Crippen molar-refractivity contribution < 1.29 is 14.3 Å². The van der Waals surface area contributed by atoms with Crippen molar-refractivity contribution >= 4 is 35.0 Å². The van der Waals surface area contributed by atoms with Gasteiger partial charge in [-0.05, 0) is 35.4 Å². The number of carbonyl (C=O) groups is 1. The molecule has 1 aromatic heterocycles. The number of rotatable bonds is 7. The highest BCUT2D eigenvalue weighted by Crippen LogP contribution is 2.45. The second-order valence-electron chi connectivity index (χ2n) is 9.32. The summed E-state index contributed by atoms with van der Waals surface area (Å²) in [6.45, 7) is 1.88. The van der Waals surface area contributed by atoms with Gasteiger partial charge in [0.2, 0.25) is 23.2 Å². The number of anilines is 1. The van der Waals surface area contributed by atoms with E-state index >= 15 is 0 Å². The molecule has 6 rings (SSSR count). The number of para-hydroxylation sites is 2. The number of hydrogen-bond donors (Lipinski definition) is 0. The maximum atomic E-state index is 13.2. The van der Waals surface area contributed by atoms with Crippen molar-refractivity contribution in [2.75, 3.05) is 4.90 Å². The fraction of sp³-hybridized carbons (Fsp3) is 0.125. The Hall–Kier alpha value is -4.40. The van der Waals surface area contributed by atoms with Crippen LogP contribution in [0.2, 0.25) is 5.02 Å². The number of carbonyl (C=O) groups excluding carboxylic acids is 1. The van der Waals surface area contributed by atoms with E-state index in [0.29, 0.717) is 50.8 Å². The molecule has 0 N–H and O–H groups in total. The van der Waals surface area contributed by atoms with Gasteiger partial charge in [0.15, 0.2) is 5.69 Å². The van der Waals surface area contributed by atoms with E-state index in [1.807, 2.05) is 103 Å². The Kier molecular flexibility index (Phi) is 7.84. The predicted octanol–water partition coefficient (Wildman–Crippen LogP) is 7.51. The minimum absolute atomic E-state index is 0.200. The first-order valence-corrected chi connectivity index (χ1v) is 14.4. The fourth-order valence-corrected chi connectivity index (χ4v) is 5.69. The van der Waals surface area contributed by atoms with E-state index in [0.717, 1.165) is 11.1 Å². The molecule has 0 fully saturated rings. The molecular weight excluding hydrogens is 556 g/mol. The number of ether oxygens (including phenoxy) is 2. The first-order valence-electron chi connectivity index (χ1n) is 13.0. The number of hydrogen-bond acceptors (Lipinski definition) is 7. The third-order valence-corrected chi connectivity index (χ3v) is 7.84. The summed E-state index contributed by atoms with van der Waals surface area (Å²) in [5, 5.41) is 10.0. The average molecular weight is 581 g/mol. The van der Waals surface area contributed by atoms with E-state index in [-0.39, 0.29) is 11.8 Å². The Labute approximate surface area is 247 Å². The monoisotopic (exact) mass is 580 g/mol. The van der Waals surface area contributed by atoms with Gasteiger partial charge in [-0.25, -0.2) is 0 Å². The number of fused-ring (bicyclic) bond motifs is 3. The number of nitrogens with zero attached hydrogens (tertiary/aromatic N) is 4. The zero-order chi connectivity index (χ0) is 28.2. The minimum Gasteiger partial charge on any atom is -0.488 e. The lowest BCUT2D eigenvalue weighted by molar-refractivity contribution is -0.118. The van der Waals surface area contributed by atoms with E-state index in [4.69, 9.17) is 26.1 Å². The summed E-state index contributed by atoms with van der Waals surface area (Å²) in [6, 6.07) is 32.7. The van der Waals surface area contributed by atoms with E-state index < -0.39 is 6.23 Å². The van der Waals surface area contributed by atoms with E-state index in [2.05, 4.69) is 10.2 Å². The topological polar surface area (TPSA) is 77.4 Å². The Balaban J connectivity index is 1.40. The molecule has 41 heavy (non-hydrogen) atoms. The molecule has 4 aromatic carbocycles. The van der Waals surface area contributed by atoms with Gasteiger partial charge in [0.1, 0.15) is 12.4 Å². The van der Waals surface area contributed by atoms with Gasteiger partial charge in [0.05, 0.1) is 11.3 Å². The molecule has 0 radical (unpaired) electrons. The highest BCUT2D eigenvalue weighted by Gasteiger charge is 2.36. The van der Waals surface area contributed by atoms with Crippen molar-refractivity contribution in [3.05, 3.63) is 125 Å². The van der Waals surface area contributed by atoms with Gasteiger partial charge < -0.3 is 9.47 Å². The Morgan fingerprint density at radius 2 is 1.66 bits per heavy atom. The van der Waals surface area contributed by atoms with Crippen molar-refractivity contribution in [3.63, 3.8) is 0 Å². The highest BCUT2D eigenvalue weighted by atomic mass is 35.5. The molecule has 0 saturated carbocycles. The van der Waals surface area contributed by atoms with Gasteiger partial charge in [-0.15, -0.1) is 10.2 Å². The lowest BCUT2D eigenvalue weighted by Crippen LogP contribution is -2.36. The van der Waals surface area contributed by atoms with Gasteiger partial charge >= 0.3 is 0 Å². The number of halogens is 1. The molecule has 0 aliphatic carbocycles. The van der Waals surface area contributed by atoms with Gasteiger partial charge in [0.25, 0.3) is 0 Å². The molecule has 9 heteroatoms. The molecule has 1 atom stereocenters. The number of amides is 1. The number of aromatic nitrogens is 3. The van der Waals surface area contributed by atoms with Gasteiger partial charge in [-0.2, -0.15) is 4.98 Å². The lowest BCUT2D eigenvalue weighted by atomic mass is 10.1. The standard InChI is InChI=1S/C32H25ClN4O3S/c1-21(38)37-27-17-9-6-14-24(27)29-30(34-32(36-35-29)41-20-23-13-5-8-16-26(23)33)40-31(37)25-15-7-10-18-28(25)39-19-22-11-3-2-4-12-22/h2-18,31H,19-20H2,1H3. The molecule has 0 spiro atoms. The molecule has 0 bridgehead atoms. The third kappa shape index (κ3) is 5.75. The zero-order valence-corrected chi connectivity index (χ0v) is 23.7. The van der Waals surface area contributed by atoms with Crippen molar-refractivity contribution in [1.82, 2.24) is 15.2 Å². The quantitative estimate of drug-likeness (QED) is 0.184. The maximum absolute atomic E-state index is 13.2. The van der Waals surface area contributed by atoms with E-state index in [9.17, 15) is 4.79 Å². The summed E-state index contributed by atoms with van der Waals surface area (Å²) in [6.07, 6.45) is -0.861.